The zero-order valence-corrected chi connectivity index (χ0v) is 19.0. The molecule has 4 rings (SSSR count). The predicted octanol–water partition coefficient (Wildman–Crippen LogP) is 4.31. The molecule has 0 atom stereocenters. The van der Waals surface area contributed by atoms with E-state index in [2.05, 4.69) is 29.3 Å². The first-order chi connectivity index (χ1) is 14.8. The molecule has 7 heteroatoms. The average molecular weight is 422 g/mol. The lowest BCUT2D eigenvalue weighted by molar-refractivity contribution is 0.315. The van der Waals surface area contributed by atoms with Crippen LogP contribution in [0.3, 0.4) is 0 Å². The molecule has 0 fully saturated rings. The van der Waals surface area contributed by atoms with Gasteiger partial charge in [-0.05, 0) is 72.9 Å². The van der Waals surface area contributed by atoms with Crippen molar-refractivity contribution >= 4 is 5.82 Å². The summed E-state index contributed by atoms with van der Waals surface area (Å²) in [5, 5.41) is 7.50. The molecule has 0 bridgehead atoms. The van der Waals surface area contributed by atoms with Gasteiger partial charge in [0.15, 0.2) is 0 Å². The molecule has 0 saturated carbocycles. The third-order valence-corrected chi connectivity index (χ3v) is 5.98. The number of hydrogen-bond acceptors (Lipinski definition) is 7. The second-order valence-corrected chi connectivity index (χ2v) is 9.07. The molecule has 31 heavy (non-hydrogen) atoms. The first kappa shape index (κ1) is 21.3. The molecular formula is C24H31N5O2. The minimum Gasteiger partial charge on any atom is -0.492 e. The molecule has 0 spiro atoms. The zero-order chi connectivity index (χ0) is 22.2. The number of pyridine rings is 1. The van der Waals surface area contributed by atoms with Crippen molar-refractivity contribution in [2.45, 2.75) is 47.0 Å². The predicted molar refractivity (Wildman–Crippen MR) is 122 cm³/mol. The molecular weight excluding hydrogens is 390 g/mol. The lowest BCUT2D eigenvalue weighted by Gasteiger charge is -2.32. The lowest BCUT2D eigenvalue weighted by atomic mass is 9.73. The normalized spacial score (nSPS) is 14.9. The molecule has 0 aliphatic heterocycles. The molecule has 0 unspecified atom stereocenters. The van der Waals surface area contributed by atoms with Crippen LogP contribution >= 0.6 is 0 Å². The van der Waals surface area contributed by atoms with Crippen LogP contribution in [0, 0.1) is 19.3 Å². The first-order valence-electron chi connectivity index (χ1n) is 10.8. The van der Waals surface area contributed by atoms with Gasteiger partial charge in [0.25, 0.3) is 5.89 Å². The van der Waals surface area contributed by atoms with E-state index in [1.54, 1.807) is 0 Å². The van der Waals surface area contributed by atoms with Crippen molar-refractivity contribution in [1.29, 1.82) is 0 Å². The largest absolute Gasteiger partial charge is 0.492 e. The number of rotatable bonds is 6. The van der Waals surface area contributed by atoms with Crippen LogP contribution in [0.2, 0.25) is 0 Å². The van der Waals surface area contributed by atoms with Crippen molar-refractivity contribution in [3.63, 3.8) is 0 Å². The number of aromatic nitrogens is 3. The molecule has 164 valence electrons. The highest BCUT2D eigenvalue weighted by Gasteiger charge is 2.30. The maximum Gasteiger partial charge on any atom is 0.260 e. The van der Waals surface area contributed by atoms with E-state index in [4.69, 9.17) is 20.0 Å². The summed E-state index contributed by atoms with van der Waals surface area (Å²) in [5.41, 5.74) is 12.2. The highest BCUT2D eigenvalue weighted by Crippen LogP contribution is 2.41. The Morgan fingerprint density at radius 1 is 1.19 bits per heavy atom. The first-order valence-corrected chi connectivity index (χ1v) is 10.8. The van der Waals surface area contributed by atoms with E-state index in [1.807, 2.05) is 39.2 Å². The van der Waals surface area contributed by atoms with Crippen molar-refractivity contribution in [3.05, 3.63) is 40.6 Å². The fourth-order valence-electron chi connectivity index (χ4n) is 4.41. The summed E-state index contributed by atoms with van der Waals surface area (Å²) in [6.07, 6.45) is 4.91. The molecule has 1 aliphatic carbocycles. The highest BCUT2D eigenvalue weighted by atomic mass is 16.5. The van der Waals surface area contributed by atoms with Crippen molar-refractivity contribution < 1.29 is 9.26 Å². The van der Waals surface area contributed by atoms with Crippen molar-refractivity contribution in [1.82, 2.24) is 15.1 Å². The standard InChI is InChI=1S/C24H31N5O2/c1-14-10-16(11-15(2)20(14)30-9-8-25)21-28-23(31-29-21)19-13-27-22(26-5)18-12-24(3,4)7-6-17(18)19/h10-11,13H,6-9,12,25H2,1-5H3,(H,26,27). The van der Waals surface area contributed by atoms with Gasteiger partial charge in [0.1, 0.15) is 18.2 Å². The van der Waals surface area contributed by atoms with Crippen LogP contribution in [0.5, 0.6) is 5.75 Å². The Balaban J connectivity index is 1.71. The lowest BCUT2D eigenvalue weighted by Crippen LogP contribution is -2.24. The fourth-order valence-corrected chi connectivity index (χ4v) is 4.41. The molecule has 1 aliphatic rings. The number of hydrogen-bond donors (Lipinski definition) is 2. The topological polar surface area (TPSA) is 99.1 Å². The van der Waals surface area contributed by atoms with E-state index < -0.39 is 0 Å². The summed E-state index contributed by atoms with van der Waals surface area (Å²) < 4.78 is 11.5. The molecule has 7 nitrogen and oxygen atoms in total. The fraction of sp³-hybridized carbons (Fsp3) is 0.458. The van der Waals surface area contributed by atoms with Gasteiger partial charge in [-0.2, -0.15) is 4.98 Å². The van der Waals surface area contributed by atoms with E-state index in [1.165, 1.54) is 11.1 Å². The van der Waals surface area contributed by atoms with Gasteiger partial charge in [0.05, 0.1) is 5.56 Å². The van der Waals surface area contributed by atoms with E-state index in [-0.39, 0.29) is 5.41 Å². The number of nitrogens with zero attached hydrogens (tertiary/aromatic N) is 3. The number of ether oxygens (including phenoxy) is 1. The Bertz CT molecular complexity index is 1080. The van der Waals surface area contributed by atoms with Crippen LogP contribution in [0.1, 0.15) is 42.5 Å². The van der Waals surface area contributed by atoms with Crippen LogP contribution < -0.4 is 15.8 Å². The minimum atomic E-state index is 0.252. The summed E-state index contributed by atoms with van der Waals surface area (Å²) in [6, 6.07) is 4.04. The van der Waals surface area contributed by atoms with Crippen molar-refractivity contribution in [3.8, 4) is 28.6 Å². The van der Waals surface area contributed by atoms with Crippen LogP contribution in [-0.2, 0) is 12.8 Å². The van der Waals surface area contributed by atoms with Gasteiger partial charge < -0.3 is 20.3 Å². The quantitative estimate of drug-likeness (QED) is 0.612. The summed E-state index contributed by atoms with van der Waals surface area (Å²) in [4.78, 5) is 9.36. The molecule has 0 radical (unpaired) electrons. The molecule has 2 aromatic heterocycles. The summed E-state index contributed by atoms with van der Waals surface area (Å²) >= 11 is 0. The van der Waals surface area contributed by atoms with Gasteiger partial charge in [-0.15, -0.1) is 0 Å². The second kappa shape index (κ2) is 8.30. The minimum absolute atomic E-state index is 0.252. The number of fused-ring (bicyclic) bond motifs is 1. The van der Waals surface area contributed by atoms with E-state index in [0.29, 0.717) is 24.9 Å². The Labute approximate surface area is 183 Å². The van der Waals surface area contributed by atoms with Crippen LogP contribution in [0.15, 0.2) is 22.9 Å². The average Bonchev–Trinajstić information content (AvgIpc) is 3.21. The molecule has 3 N–H and O–H groups in total. The van der Waals surface area contributed by atoms with Gasteiger partial charge in [-0.1, -0.05) is 19.0 Å². The monoisotopic (exact) mass is 421 g/mol. The zero-order valence-electron chi connectivity index (χ0n) is 19.0. The Morgan fingerprint density at radius 3 is 2.61 bits per heavy atom. The van der Waals surface area contributed by atoms with Crippen LogP contribution in [0.4, 0.5) is 5.82 Å². The summed E-state index contributed by atoms with van der Waals surface area (Å²) in [6.45, 7) is 9.61. The number of anilines is 1. The van der Waals surface area contributed by atoms with Gasteiger partial charge in [-0.25, -0.2) is 4.98 Å². The van der Waals surface area contributed by atoms with E-state index in [9.17, 15) is 0 Å². The van der Waals surface area contributed by atoms with Crippen molar-refractivity contribution in [2.24, 2.45) is 11.1 Å². The Morgan fingerprint density at radius 2 is 1.94 bits per heavy atom. The van der Waals surface area contributed by atoms with E-state index >= 15 is 0 Å². The van der Waals surface area contributed by atoms with Gasteiger partial charge in [-0.3, -0.25) is 0 Å². The molecule has 0 amide bonds. The Kier molecular flexibility index (Phi) is 5.71. The molecule has 0 saturated heterocycles. The maximum atomic E-state index is 5.78. The number of benzene rings is 1. The second-order valence-electron chi connectivity index (χ2n) is 9.07. The summed E-state index contributed by atoms with van der Waals surface area (Å²) in [5.74, 6) is 2.88. The smallest absolute Gasteiger partial charge is 0.260 e. The number of nitrogens with one attached hydrogen (secondary N) is 1. The summed E-state index contributed by atoms with van der Waals surface area (Å²) in [7, 11) is 1.92. The molecule has 2 heterocycles. The Hall–Kier alpha value is -2.93. The highest BCUT2D eigenvalue weighted by molar-refractivity contribution is 5.68. The maximum absolute atomic E-state index is 5.78. The van der Waals surface area contributed by atoms with E-state index in [0.717, 1.165) is 53.1 Å². The SMILES string of the molecule is CNc1ncc(-c2nc(-c3cc(C)c(OCCN)c(C)c3)no2)c2c1CC(C)(C)CC2. The number of aryl methyl sites for hydroxylation is 2. The third kappa shape index (κ3) is 4.14. The van der Waals surface area contributed by atoms with Crippen molar-refractivity contribution in [2.75, 3.05) is 25.5 Å². The van der Waals surface area contributed by atoms with Gasteiger partial charge in [0, 0.05) is 25.4 Å². The van der Waals surface area contributed by atoms with Gasteiger partial charge >= 0.3 is 0 Å². The van der Waals surface area contributed by atoms with Crippen LogP contribution in [0.25, 0.3) is 22.8 Å². The molecule has 1 aromatic carbocycles. The van der Waals surface area contributed by atoms with Crippen LogP contribution in [-0.4, -0.2) is 35.3 Å². The molecule has 3 aromatic rings. The number of nitrogens with two attached hydrogens (primary N) is 1. The van der Waals surface area contributed by atoms with Gasteiger partial charge in [0.2, 0.25) is 5.82 Å². The third-order valence-electron chi connectivity index (χ3n) is 5.98.